The van der Waals surface area contributed by atoms with Crippen LogP contribution in [0.2, 0.25) is 0 Å². The lowest BCUT2D eigenvalue weighted by molar-refractivity contribution is -0.112. The highest BCUT2D eigenvalue weighted by Gasteiger charge is 2.12. The maximum absolute atomic E-state index is 12.1. The first-order chi connectivity index (χ1) is 14.3. The SMILES string of the molecule is COc1ccc(C=CC(=O)Nc2nnc(-c3ccc(S(C)(=O)=O)cc3)o2)cc1OC. The van der Waals surface area contributed by atoms with Crippen molar-refractivity contribution < 1.29 is 27.1 Å². The second-order valence-corrected chi connectivity index (χ2v) is 8.16. The van der Waals surface area contributed by atoms with Crippen molar-refractivity contribution in [2.75, 3.05) is 25.8 Å². The molecule has 10 heteroatoms. The van der Waals surface area contributed by atoms with Gasteiger partial charge in [-0.05, 0) is 48.0 Å². The van der Waals surface area contributed by atoms with E-state index in [1.165, 1.54) is 25.3 Å². The van der Waals surface area contributed by atoms with Crippen molar-refractivity contribution in [3.63, 3.8) is 0 Å². The Bertz CT molecular complexity index is 1180. The predicted molar refractivity (Wildman–Crippen MR) is 110 cm³/mol. The van der Waals surface area contributed by atoms with Crippen molar-refractivity contribution in [2.24, 2.45) is 0 Å². The van der Waals surface area contributed by atoms with E-state index in [0.717, 1.165) is 11.8 Å². The topological polar surface area (TPSA) is 121 Å². The minimum absolute atomic E-state index is 0.0841. The van der Waals surface area contributed by atoms with Crippen LogP contribution in [0.3, 0.4) is 0 Å². The van der Waals surface area contributed by atoms with Crippen LogP contribution in [0.1, 0.15) is 5.56 Å². The summed E-state index contributed by atoms with van der Waals surface area (Å²) < 4.78 is 38.8. The van der Waals surface area contributed by atoms with E-state index < -0.39 is 15.7 Å². The van der Waals surface area contributed by atoms with Crippen LogP contribution < -0.4 is 14.8 Å². The molecule has 0 aliphatic heterocycles. The summed E-state index contributed by atoms with van der Waals surface area (Å²) in [7, 11) is -0.227. The van der Waals surface area contributed by atoms with Crippen molar-refractivity contribution in [1.82, 2.24) is 10.2 Å². The average molecular weight is 429 g/mol. The maximum atomic E-state index is 12.1. The quantitative estimate of drug-likeness (QED) is 0.569. The number of nitrogens with zero attached hydrogens (tertiary/aromatic N) is 2. The number of sulfone groups is 1. The molecule has 0 atom stereocenters. The zero-order chi connectivity index (χ0) is 21.7. The molecular weight excluding hydrogens is 410 g/mol. The Kier molecular flexibility index (Phi) is 6.17. The standard InChI is InChI=1S/C20H19N3O6S/c1-27-16-10-4-13(12-17(16)28-2)5-11-18(24)21-20-23-22-19(29-20)14-6-8-15(9-7-14)30(3,25)26/h4-12H,1-3H3,(H,21,23,24). The van der Waals surface area contributed by atoms with Crippen LogP contribution in [0, 0.1) is 0 Å². The van der Waals surface area contributed by atoms with Gasteiger partial charge in [0.15, 0.2) is 21.3 Å². The van der Waals surface area contributed by atoms with Gasteiger partial charge < -0.3 is 13.9 Å². The molecule has 1 heterocycles. The summed E-state index contributed by atoms with van der Waals surface area (Å²) in [6.45, 7) is 0. The van der Waals surface area contributed by atoms with Crippen molar-refractivity contribution in [2.45, 2.75) is 4.90 Å². The van der Waals surface area contributed by atoms with E-state index in [9.17, 15) is 13.2 Å². The molecule has 0 aliphatic carbocycles. The highest BCUT2D eigenvalue weighted by atomic mass is 32.2. The average Bonchev–Trinajstić information content (AvgIpc) is 3.19. The van der Waals surface area contributed by atoms with Gasteiger partial charge in [-0.1, -0.05) is 11.2 Å². The molecule has 0 saturated heterocycles. The Labute approximate surface area is 173 Å². The number of aromatic nitrogens is 2. The van der Waals surface area contributed by atoms with Crippen molar-refractivity contribution in [1.29, 1.82) is 0 Å². The van der Waals surface area contributed by atoms with Gasteiger partial charge in [0.2, 0.25) is 5.89 Å². The lowest BCUT2D eigenvalue weighted by Crippen LogP contribution is -2.07. The zero-order valence-electron chi connectivity index (χ0n) is 16.4. The molecular formula is C20H19N3O6S. The second kappa shape index (κ2) is 8.78. The predicted octanol–water partition coefficient (Wildman–Crippen LogP) is 2.81. The molecule has 3 aromatic rings. The number of methoxy groups -OCH3 is 2. The summed E-state index contributed by atoms with van der Waals surface area (Å²) >= 11 is 0. The van der Waals surface area contributed by atoms with Crippen LogP contribution in [0.4, 0.5) is 6.01 Å². The van der Waals surface area contributed by atoms with Gasteiger partial charge in [-0.15, -0.1) is 5.10 Å². The monoisotopic (exact) mass is 429 g/mol. The van der Waals surface area contributed by atoms with E-state index in [-0.39, 0.29) is 16.8 Å². The Hall–Kier alpha value is -3.66. The van der Waals surface area contributed by atoms with Gasteiger partial charge in [-0.3, -0.25) is 10.1 Å². The fourth-order valence-corrected chi connectivity index (χ4v) is 3.14. The molecule has 2 aromatic carbocycles. The molecule has 30 heavy (non-hydrogen) atoms. The van der Waals surface area contributed by atoms with Crippen molar-refractivity contribution >= 4 is 27.8 Å². The van der Waals surface area contributed by atoms with Crippen LogP contribution in [0.25, 0.3) is 17.5 Å². The Morgan fingerprint density at radius 3 is 2.37 bits per heavy atom. The lowest BCUT2D eigenvalue weighted by Gasteiger charge is -2.07. The maximum Gasteiger partial charge on any atom is 0.322 e. The highest BCUT2D eigenvalue weighted by molar-refractivity contribution is 7.90. The molecule has 1 N–H and O–H groups in total. The number of rotatable bonds is 7. The summed E-state index contributed by atoms with van der Waals surface area (Å²) in [4.78, 5) is 12.3. The number of hydrogen-bond acceptors (Lipinski definition) is 8. The summed E-state index contributed by atoms with van der Waals surface area (Å²) in [6, 6.07) is 11.1. The molecule has 0 unspecified atom stereocenters. The Morgan fingerprint density at radius 2 is 1.73 bits per heavy atom. The number of nitrogens with one attached hydrogen (secondary N) is 1. The van der Waals surface area contributed by atoms with E-state index in [1.807, 2.05) is 0 Å². The number of ether oxygens (including phenoxy) is 2. The van der Waals surface area contributed by atoms with Crippen molar-refractivity contribution in [3.8, 4) is 23.0 Å². The normalized spacial score (nSPS) is 11.4. The van der Waals surface area contributed by atoms with E-state index in [0.29, 0.717) is 17.1 Å². The zero-order valence-corrected chi connectivity index (χ0v) is 17.3. The summed E-state index contributed by atoms with van der Waals surface area (Å²) in [6.07, 6.45) is 4.03. The molecule has 0 saturated carbocycles. The van der Waals surface area contributed by atoms with E-state index in [1.54, 1.807) is 43.5 Å². The van der Waals surface area contributed by atoms with Gasteiger partial charge in [-0.2, -0.15) is 0 Å². The van der Waals surface area contributed by atoms with Gasteiger partial charge in [0, 0.05) is 17.9 Å². The number of benzene rings is 2. The first-order valence-corrected chi connectivity index (χ1v) is 10.5. The summed E-state index contributed by atoms with van der Waals surface area (Å²) in [5, 5.41) is 10.1. The van der Waals surface area contributed by atoms with Gasteiger partial charge in [0.25, 0.3) is 5.91 Å². The Morgan fingerprint density at radius 1 is 1.03 bits per heavy atom. The number of carbonyl (C=O) groups is 1. The molecule has 3 rings (SSSR count). The summed E-state index contributed by atoms with van der Waals surface area (Å²) in [5.41, 5.74) is 1.26. The number of hydrogen-bond donors (Lipinski definition) is 1. The van der Waals surface area contributed by atoms with Gasteiger partial charge in [-0.25, -0.2) is 8.42 Å². The van der Waals surface area contributed by atoms with Crippen molar-refractivity contribution in [3.05, 3.63) is 54.1 Å². The van der Waals surface area contributed by atoms with E-state index in [2.05, 4.69) is 15.5 Å². The molecule has 1 aromatic heterocycles. The van der Waals surface area contributed by atoms with Crippen LogP contribution in [-0.2, 0) is 14.6 Å². The third kappa shape index (κ3) is 5.03. The number of amides is 1. The van der Waals surface area contributed by atoms with E-state index >= 15 is 0 Å². The highest BCUT2D eigenvalue weighted by Crippen LogP contribution is 2.28. The minimum Gasteiger partial charge on any atom is -0.493 e. The molecule has 1 amide bonds. The fourth-order valence-electron chi connectivity index (χ4n) is 2.51. The third-order valence-electron chi connectivity index (χ3n) is 4.02. The van der Waals surface area contributed by atoms with Crippen LogP contribution in [-0.4, -0.2) is 45.0 Å². The van der Waals surface area contributed by atoms with Crippen LogP contribution in [0.5, 0.6) is 11.5 Å². The smallest absolute Gasteiger partial charge is 0.322 e. The lowest BCUT2D eigenvalue weighted by atomic mass is 10.2. The second-order valence-electron chi connectivity index (χ2n) is 6.15. The van der Waals surface area contributed by atoms with Gasteiger partial charge in [0.1, 0.15) is 0 Å². The Balaban J connectivity index is 1.67. The molecule has 0 bridgehead atoms. The molecule has 0 radical (unpaired) electrons. The minimum atomic E-state index is -3.30. The first-order valence-electron chi connectivity index (χ1n) is 8.65. The number of carbonyl (C=O) groups excluding carboxylic acids is 1. The first kappa shape index (κ1) is 21.1. The third-order valence-corrected chi connectivity index (χ3v) is 5.15. The van der Waals surface area contributed by atoms with Gasteiger partial charge >= 0.3 is 6.01 Å². The summed E-state index contributed by atoms with van der Waals surface area (Å²) in [5.74, 6) is 0.812. The molecule has 0 spiro atoms. The van der Waals surface area contributed by atoms with Crippen LogP contribution >= 0.6 is 0 Å². The fraction of sp³-hybridized carbons (Fsp3) is 0.150. The van der Waals surface area contributed by atoms with E-state index in [4.69, 9.17) is 13.9 Å². The molecule has 9 nitrogen and oxygen atoms in total. The largest absolute Gasteiger partial charge is 0.493 e. The van der Waals surface area contributed by atoms with Crippen LogP contribution in [0.15, 0.2) is 57.9 Å². The molecule has 0 fully saturated rings. The molecule has 156 valence electrons. The number of anilines is 1. The van der Waals surface area contributed by atoms with Gasteiger partial charge in [0.05, 0.1) is 19.1 Å². The molecule has 0 aliphatic rings.